The molecule has 0 spiro atoms. The van der Waals surface area contributed by atoms with Gasteiger partial charge in [-0.3, -0.25) is 4.79 Å². The topological polar surface area (TPSA) is 52.6 Å². The number of unbranched alkanes of at least 4 members (excludes halogenated alkanes) is 1. The maximum absolute atomic E-state index is 12.2. The Morgan fingerprint density at radius 3 is 2.57 bits per heavy atom. The fourth-order valence-corrected chi connectivity index (χ4v) is 8.75. The Morgan fingerprint density at radius 2 is 1.83 bits per heavy atom. The lowest BCUT2D eigenvalue weighted by Crippen LogP contribution is -2.50. The van der Waals surface area contributed by atoms with E-state index in [9.17, 15) is 9.59 Å². The molecule has 0 aromatic heterocycles. The van der Waals surface area contributed by atoms with E-state index in [1.165, 1.54) is 64.7 Å². The Labute approximate surface area is 214 Å². The summed E-state index contributed by atoms with van der Waals surface area (Å²) < 4.78 is 10.9. The van der Waals surface area contributed by atoms with Crippen LogP contribution in [0.2, 0.25) is 0 Å². The monoisotopic (exact) mass is 486 g/mol. The van der Waals surface area contributed by atoms with Crippen LogP contribution in [0.15, 0.2) is 11.6 Å². The largest absolute Gasteiger partial charge is 0.460 e. The van der Waals surface area contributed by atoms with Crippen LogP contribution in [0.25, 0.3) is 0 Å². The molecule has 35 heavy (non-hydrogen) atoms. The molecular weight excluding hydrogens is 436 g/mol. The second-order valence-electron chi connectivity index (χ2n) is 13.3. The molecule has 0 aliphatic heterocycles. The molecule has 4 unspecified atom stereocenters. The standard InChI is InChI=1S/C31H50O4/c1-21(2)8-6-7-9-23-11-13-27-26-12-10-24-18-25(35-29(33)20-34-19-22(3)32)14-16-31(24,5)28(26)15-17-30(23,27)4/h10,21,23,25-28H,6-9,11-20H2,1-5H3/t23?,25?,26-,27?,28?,30+,31-/m0/s1. The molecule has 4 aliphatic rings. The normalized spacial score (nSPS) is 38.3. The van der Waals surface area contributed by atoms with Crippen LogP contribution in [0.1, 0.15) is 112 Å². The maximum atomic E-state index is 12.2. The third-order valence-electron chi connectivity index (χ3n) is 10.7. The average molecular weight is 487 g/mol. The minimum atomic E-state index is -0.340. The molecule has 198 valence electrons. The lowest BCUT2D eigenvalue weighted by molar-refractivity contribution is -0.157. The molecule has 3 saturated carbocycles. The lowest BCUT2D eigenvalue weighted by atomic mass is 9.47. The van der Waals surface area contributed by atoms with Crippen molar-refractivity contribution in [3.63, 3.8) is 0 Å². The van der Waals surface area contributed by atoms with Crippen molar-refractivity contribution in [1.82, 2.24) is 0 Å². The summed E-state index contributed by atoms with van der Waals surface area (Å²) in [5.74, 6) is 3.86. The second-order valence-corrected chi connectivity index (χ2v) is 13.3. The van der Waals surface area contributed by atoms with Crippen molar-refractivity contribution < 1.29 is 19.1 Å². The number of ketones is 1. The van der Waals surface area contributed by atoms with Gasteiger partial charge in [-0.25, -0.2) is 4.79 Å². The summed E-state index contributed by atoms with van der Waals surface area (Å²) in [6.45, 7) is 11.2. The van der Waals surface area contributed by atoms with Gasteiger partial charge in [-0.05, 0) is 98.7 Å². The highest BCUT2D eigenvalue weighted by atomic mass is 16.6. The maximum Gasteiger partial charge on any atom is 0.332 e. The van der Waals surface area contributed by atoms with E-state index in [1.807, 2.05) is 0 Å². The summed E-state index contributed by atoms with van der Waals surface area (Å²) >= 11 is 0. The van der Waals surface area contributed by atoms with Gasteiger partial charge in [0, 0.05) is 6.42 Å². The molecule has 4 aliphatic carbocycles. The van der Waals surface area contributed by atoms with Gasteiger partial charge in [0.2, 0.25) is 0 Å². The number of fused-ring (bicyclic) bond motifs is 5. The molecule has 0 bridgehead atoms. The fraction of sp³-hybridized carbons (Fsp3) is 0.871. The smallest absolute Gasteiger partial charge is 0.332 e. The van der Waals surface area contributed by atoms with Crippen molar-refractivity contribution in [1.29, 1.82) is 0 Å². The number of Topliss-reactive ketones (excluding diaryl/α,β-unsaturated/α-hetero) is 1. The van der Waals surface area contributed by atoms with Crippen molar-refractivity contribution in [2.45, 2.75) is 118 Å². The third-order valence-corrected chi connectivity index (χ3v) is 10.7. The quantitative estimate of drug-likeness (QED) is 0.185. The van der Waals surface area contributed by atoms with Crippen LogP contribution in [0.4, 0.5) is 0 Å². The lowest BCUT2D eigenvalue weighted by Gasteiger charge is -2.58. The minimum Gasteiger partial charge on any atom is -0.460 e. The summed E-state index contributed by atoms with van der Waals surface area (Å²) in [6.07, 6.45) is 18.0. The Hall–Kier alpha value is -1.16. The second kappa shape index (κ2) is 11.1. The van der Waals surface area contributed by atoms with E-state index in [0.29, 0.717) is 5.41 Å². The van der Waals surface area contributed by atoms with E-state index >= 15 is 0 Å². The third kappa shape index (κ3) is 5.73. The van der Waals surface area contributed by atoms with Gasteiger partial charge in [-0.1, -0.05) is 58.6 Å². The molecule has 7 atom stereocenters. The number of carbonyl (C=O) groups excluding carboxylic acids is 2. The molecule has 0 saturated heterocycles. The van der Waals surface area contributed by atoms with Crippen LogP contribution in [0, 0.1) is 40.4 Å². The van der Waals surface area contributed by atoms with Gasteiger partial charge in [0.25, 0.3) is 0 Å². The first-order valence-corrected chi connectivity index (χ1v) is 14.6. The van der Waals surface area contributed by atoms with Gasteiger partial charge in [0.1, 0.15) is 19.3 Å². The van der Waals surface area contributed by atoms with Crippen LogP contribution in [-0.4, -0.2) is 31.1 Å². The van der Waals surface area contributed by atoms with E-state index in [2.05, 4.69) is 33.8 Å². The Bertz CT molecular complexity index is 800. The highest BCUT2D eigenvalue weighted by Crippen LogP contribution is 2.66. The van der Waals surface area contributed by atoms with Crippen molar-refractivity contribution >= 4 is 11.8 Å². The summed E-state index contributed by atoms with van der Waals surface area (Å²) in [5, 5.41) is 0. The molecule has 4 heteroatoms. The van der Waals surface area contributed by atoms with E-state index in [-0.39, 0.29) is 36.5 Å². The zero-order chi connectivity index (χ0) is 25.2. The van der Waals surface area contributed by atoms with Crippen molar-refractivity contribution in [3.8, 4) is 0 Å². The molecule has 0 aromatic rings. The number of esters is 1. The van der Waals surface area contributed by atoms with Crippen molar-refractivity contribution in [2.24, 2.45) is 40.4 Å². The number of ether oxygens (including phenoxy) is 2. The highest BCUT2D eigenvalue weighted by molar-refractivity contribution is 5.77. The zero-order valence-electron chi connectivity index (χ0n) is 23.1. The number of hydrogen-bond donors (Lipinski definition) is 0. The fourth-order valence-electron chi connectivity index (χ4n) is 8.75. The summed E-state index contributed by atoms with van der Waals surface area (Å²) in [6, 6.07) is 0. The first kappa shape index (κ1) is 26.9. The molecule has 0 radical (unpaired) electrons. The molecule has 3 fully saturated rings. The Kier molecular flexibility index (Phi) is 8.51. The van der Waals surface area contributed by atoms with Crippen LogP contribution in [0.5, 0.6) is 0 Å². The zero-order valence-corrected chi connectivity index (χ0v) is 23.1. The molecule has 0 aromatic carbocycles. The average Bonchev–Trinajstić information content (AvgIpc) is 3.13. The summed E-state index contributed by atoms with van der Waals surface area (Å²) in [7, 11) is 0. The van der Waals surface area contributed by atoms with E-state index in [0.717, 1.165) is 48.9 Å². The Morgan fingerprint density at radius 1 is 1.03 bits per heavy atom. The molecule has 0 heterocycles. The number of carbonyl (C=O) groups is 2. The Balaban J connectivity index is 1.35. The SMILES string of the molecule is CC(=O)COCC(=O)OC1CC[C@@]2(C)C(=CC[C@H]3C4CCC(CCCCC(C)C)[C@@]4(C)CCC32)C1. The number of hydrogen-bond acceptors (Lipinski definition) is 4. The molecular formula is C31H50O4. The van der Waals surface area contributed by atoms with Crippen LogP contribution < -0.4 is 0 Å². The predicted octanol–water partition coefficient (Wildman–Crippen LogP) is 7.30. The number of allylic oxidation sites excluding steroid dienone is 1. The van der Waals surface area contributed by atoms with Crippen LogP contribution in [-0.2, 0) is 19.1 Å². The van der Waals surface area contributed by atoms with Gasteiger partial charge < -0.3 is 9.47 Å². The predicted molar refractivity (Wildman–Crippen MR) is 140 cm³/mol. The molecule has 0 N–H and O–H groups in total. The van der Waals surface area contributed by atoms with Crippen LogP contribution in [0.3, 0.4) is 0 Å². The van der Waals surface area contributed by atoms with Gasteiger partial charge in [-0.15, -0.1) is 0 Å². The first-order valence-electron chi connectivity index (χ1n) is 14.6. The summed E-state index contributed by atoms with van der Waals surface area (Å²) in [4.78, 5) is 23.2. The van der Waals surface area contributed by atoms with E-state index in [4.69, 9.17) is 9.47 Å². The van der Waals surface area contributed by atoms with Gasteiger partial charge in [0.15, 0.2) is 5.78 Å². The van der Waals surface area contributed by atoms with Crippen molar-refractivity contribution in [3.05, 3.63) is 11.6 Å². The van der Waals surface area contributed by atoms with Crippen LogP contribution >= 0.6 is 0 Å². The van der Waals surface area contributed by atoms with Crippen molar-refractivity contribution in [2.75, 3.05) is 13.2 Å². The van der Waals surface area contributed by atoms with E-state index in [1.54, 1.807) is 5.57 Å². The molecule has 4 nitrogen and oxygen atoms in total. The van der Waals surface area contributed by atoms with Gasteiger partial charge in [0.05, 0.1) is 0 Å². The summed E-state index contributed by atoms with van der Waals surface area (Å²) in [5.41, 5.74) is 2.36. The molecule has 0 amide bonds. The van der Waals surface area contributed by atoms with Gasteiger partial charge in [-0.2, -0.15) is 0 Å². The number of rotatable bonds is 10. The highest BCUT2D eigenvalue weighted by Gasteiger charge is 2.58. The van der Waals surface area contributed by atoms with Gasteiger partial charge >= 0.3 is 5.97 Å². The van der Waals surface area contributed by atoms with E-state index < -0.39 is 0 Å². The minimum absolute atomic E-state index is 0.0229. The molecule has 4 rings (SSSR count). The first-order chi connectivity index (χ1) is 16.6.